The number of aliphatic carboxylic acids is 1. The van der Waals surface area contributed by atoms with E-state index in [9.17, 15) is 14.4 Å². The van der Waals surface area contributed by atoms with Gasteiger partial charge in [0.15, 0.2) is 5.78 Å². The van der Waals surface area contributed by atoms with Crippen molar-refractivity contribution in [3.63, 3.8) is 0 Å². The van der Waals surface area contributed by atoms with Gasteiger partial charge in [-0.25, -0.2) is 4.79 Å². The van der Waals surface area contributed by atoms with Crippen molar-refractivity contribution in [1.29, 1.82) is 0 Å². The minimum absolute atomic E-state index is 0.191. The Morgan fingerprint density at radius 3 is 2.36 bits per heavy atom. The Hall–Kier alpha value is -0.950. The minimum atomic E-state index is -2.07. The van der Waals surface area contributed by atoms with E-state index in [-0.39, 0.29) is 12.3 Å². The van der Waals surface area contributed by atoms with Crippen molar-refractivity contribution < 1.29 is 24.6 Å². The molecule has 0 aliphatic rings. The minimum Gasteiger partial charge on any atom is -0.479 e. The van der Waals surface area contributed by atoms with Gasteiger partial charge in [-0.15, -0.1) is 0 Å². The Kier molecular flexibility index (Phi) is 6.06. The van der Waals surface area contributed by atoms with Gasteiger partial charge < -0.3 is 15.5 Å². The molecule has 80 valence electrons. The number of hydrogen-bond donors (Lipinski definition) is 3. The number of carboxylic acids is 1. The molecule has 7 heteroatoms. The first kappa shape index (κ1) is 13.1. The Morgan fingerprint density at radius 1 is 1.36 bits per heavy atom. The molecule has 0 aromatic heterocycles. The number of alkyl halides is 1. The van der Waals surface area contributed by atoms with Crippen molar-refractivity contribution in [2.24, 2.45) is 0 Å². The molecule has 0 aliphatic heterocycles. The lowest BCUT2D eigenvalue weighted by molar-refractivity contribution is -0.152. The Bertz CT molecular complexity index is 242. The van der Waals surface area contributed by atoms with Gasteiger partial charge in [-0.2, -0.15) is 0 Å². The molecule has 0 aromatic rings. The topological polar surface area (TPSA) is 104 Å². The van der Waals surface area contributed by atoms with Crippen LogP contribution in [0.15, 0.2) is 0 Å². The van der Waals surface area contributed by atoms with E-state index in [1.54, 1.807) is 0 Å². The summed E-state index contributed by atoms with van der Waals surface area (Å²) >= 11 is 3.02. The van der Waals surface area contributed by atoms with Crippen LogP contribution in [-0.4, -0.2) is 45.9 Å². The van der Waals surface area contributed by atoms with Crippen molar-refractivity contribution in [2.45, 2.75) is 12.5 Å². The van der Waals surface area contributed by atoms with E-state index >= 15 is 0 Å². The lowest BCUT2D eigenvalue weighted by atomic mass is 10.2. The van der Waals surface area contributed by atoms with Gasteiger partial charge in [-0.3, -0.25) is 9.59 Å². The highest BCUT2D eigenvalue weighted by molar-refractivity contribution is 9.09. The van der Waals surface area contributed by atoms with Gasteiger partial charge >= 0.3 is 5.97 Å². The Balaban J connectivity index is 3.85. The number of aliphatic hydroxyl groups excluding tert-OH is 1. The third-order valence-electron chi connectivity index (χ3n) is 1.32. The van der Waals surface area contributed by atoms with E-state index in [2.05, 4.69) is 21.2 Å². The number of carbonyl (C=O) groups excluding carboxylic acids is 2. The summed E-state index contributed by atoms with van der Waals surface area (Å²) in [6.07, 6.45) is -1.88. The summed E-state index contributed by atoms with van der Waals surface area (Å²) in [5.41, 5.74) is 0. The van der Waals surface area contributed by atoms with Crippen LogP contribution in [0.3, 0.4) is 0 Å². The summed E-state index contributed by atoms with van der Waals surface area (Å²) in [6.45, 7) is -0.473. The fourth-order valence-electron chi connectivity index (χ4n) is 0.594. The number of nitrogens with one attached hydrogen (secondary N) is 1. The Labute approximate surface area is 88.4 Å². The largest absolute Gasteiger partial charge is 0.479 e. The van der Waals surface area contributed by atoms with Crippen molar-refractivity contribution in [2.75, 3.05) is 11.9 Å². The number of aliphatic hydroxyl groups is 1. The average molecular weight is 268 g/mol. The van der Waals surface area contributed by atoms with Gasteiger partial charge in [-0.1, -0.05) is 15.9 Å². The second kappa shape index (κ2) is 6.50. The van der Waals surface area contributed by atoms with E-state index in [0.717, 1.165) is 0 Å². The second-order valence-corrected chi connectivity index (χ2v) is 3.22. The molecule has 0 saturated heterocycles. The maximum atomic E-state index is 10.8. The van der Waals surface area contributed by atoms with Crippen LogP contribution < -0.4 is 5.32 Å². The first-order valence-corrected chi connectivity index (χ1v) is 4.87. The maximum absolute atomic E-state index is 10.8. The van der Waals surface area contributed by atoms with Gasteiger partial charge in [0.25, 0.3) is 0 Å². The third kappa shape index (κ3) is 4.93. The summed E-state index contributed by atoms with van der Waals surface area (Å²) in [5.74, 6) is -2.95. The normalized spacial score (nSPS) is 11.9. The molecule has 0 radical (unpaired) electrons. The smallest absolute Gasteiger partial charge is 0.340 e. The number of halogens is 1. The van der Waals surface area contributed by atoms with Gasteiger partial charge in [0.1, 0.15) is 0 Å². The van der Waals surface area contributed by atoms with Crippen LogP contribution in [0.4, 0.5) is 0 Å². The summed E-state index contributed by atoms with van der Waals surface area (Å²) < 4.78 is 0. The molecule has 0 rings (SSSR count). The summed E-state index contributed by atoms with van der Waals surface area (Å²) in [7, 11) is 0. The molecule has 0 saturated carbocycles. The van der Waals surface area contributed by atoms with Crippen LogP contribution in [0, 0.1) is 0 Å². The second-order valence-electron chi connectivity index (χ2n) is 2.42. The number of amides is 1. The van der Waals surface area contributed by atoms with Crippen molar-refractivity contribution in [3.8, 4) is 0 Å². The van der Waals surface area contributed by atoms with Crippen molar-refractivity contribution in [1.82, 2.24) is 5.32 Å². The fourth-order valence-corrected chi connectivity index (χ4v) is 0.954. The molecular weight excluding hydrogens is 258 g/mol. The summed E-state index contributed by atoms with van der Waals surface area (Å²) in [5, 5.41) is 19.6. The van der Waals surface area contributed by atoms with E-state index in [1.807, 2.05) is 0 Å². The average Bonchev–Trinajstić information content (AvgIpc) is 2.13. The van der Waals surface area contributed by atoms with Gasteiger partial charge in [0.05, 0.1) is 6.54 Å². The maximum Gasteiger partial charge on any atom is 0.340 e. The van der Waals surface area contributed by atoms with Crippen molar-refractivity contribution >= 4 is 33.6 Å². The summed E-state index contributed by atoms with van der Waals surface area (Å²) in [4.78, 5) is 31.8. The fraction of sp³-hybridized carbons (Fsp3) is 0.571. The first-order chi connectivity index (χ1) is 6.49. The van der Waals surface area contributed by atoms with E-state index in [4.69, 9.17) is 10.2 Å². The predicted molar refractivity (Wildman–Crippen MR) is 50.1 cm³/mol. The zero-order valence-electron chi connectivity index (χ0n) is 7.20. The lowest BCUT2D eigenvalue weighted by Crippen LogP contribution is -2.39. The number of ketones is 1. The quantitative estimate of drug-likeness (QED) is 0.419. The zero-order chi connectivity index (χ0) is 11.1. The molecule has 1 amide bonds. The van der Waals surface area contributed by atoms with Crippen LogP contribution in [0.5, 0.6) is 0 Å². The van der Waals surface area contributed by atoms with Crippen LogP contribution in [0.1, 0.15) is 6.42 Å². The molecule has 0 aliphatic carbocycles. The first-order valence-electron chi connectivity index (χ1n) is 3.75. The highest BCUT2D eigenvalue weighted by Gasteiger charge is 2.22. The highest BCUT2D eigenvalue weighted by atomic mass is 79.9. The molecule has 0 heterocycles. The van der Waals surface area contributed by atoms with E-state index in [0.29, 0.717) is 5.33 Å². The van der Waals surface area contributed by atoms with Gasteiger partial charge in [0.2, 0.25) is 12.0 Å². The molecule has 0 aromatic carbocycles. The molecule has 14 heavy (non-hydrogen) atoms. The lowest BCUT2D eigenvalue weighted by Gasteiger charge is -2.05. The van der Waals surface area contributed by atoms with Gasteiger partial charge in [0, 0.05) is 11.8 Å². The zero-order valence-corrected chi connectivity index (χ0v) is 8.78. The van der Waals surface area contributed by atoms with Crippen molar-refractivity contribution in [3.05, 3.63) is 0 Å². The molecular formula is C7H10BrNO5. The monoisotopic (exact) mass is 267 g/mol. The van der Waals surface area contributed by atoms with Crippen LogP contribution >= 0.6 is 15.9 Å². The third-order valence-corrected chi connectivity index (χ3v) is 1.72. The van der Waals surface area contributed by atoms with Crippen LogP contribution in [-0.2, 0) is 14.4 Å². The van der Waals surface area contributed by atoms with Gasteiger partial charge in [-0.05, 0) is 0 Å². The Morgan fingerprint density at radius 2 is 1.93 bits per heavy atom. The molecule has 0 spiro atoms. The molecule has 6 nitrogen and oxygen atoms in total. The number of hydrogen-bond acceptors (Lipinski definition) is 4. The van der Waals surface area contributed by atoms with Crippen LogP contribution in [0.25, 0.3) is 0 Å². The number of carbonyl (C=O) groups is 3. The summed E-state index contributed by atoms with van der Waals surface area (Å²) in [6, 6.07) is 0. The SMILES string of the molecule is O=C(CCBr)NCC(=O)C(O)C(=O)O. The standard InChI is InChI=1S/C7H10BrNO5/c8-2-1-5(11)9-3-4(10)6(12)7(13)14/h6,12H,1-3H2,(H,9,11)(H,13,14). The predicted octanol–water partition coefficient (Wildman–Crippen LogP) is -1.10. The highest BCUT2D eigenvalue weighted by Crippen LogP contribution is 1.88. The number of Topliss-reactive ketones (excluding diaryl/α,β-unsaturated/α-hetero) is 1. The molecule has 0 fully saturated rings. The number of rotatable bonds is 6. The van der Waals surface area contributed by atoms with E-state index < -0.39 is 24.4 Å². The molecule has 0 bridgehead atoms. The van der Waals surface area contributed by atoms with Crippen LogP contribution in [0.2, 0.25) is 0 Å². The van der Waals surface area contributed by atoms with E-state index in [1.165, 1.54) is 0 Å². The molecule has 1 unspecified atom stereocenters. The molecule has 3 N–H and O–H groups in total. The number of carboxylic acid groups (broad SMARTS) is 1. The molecule has 1 atom stereocenters.